The largest absolute Gasteiger partial charge is 0.339 e. The van der Waals surface area contributed by atoms with Gasteiger partial charge in [0.15, 0.2) is 0 Å². The zero-order valence-electron chi connectivity index (χ0n) is 9.49. The highest BCUT2D eigenvalue weighted by Crippen LogP contribution is 2.13. The molecule has 1 aromatic heterocycles. The average Bonchev–Trinajstić information content (AvgIpc) is 2.64. The number of aromatic nitrogens is 1. The molecule has 4 nitrogen and oxygen atoms in total. The highest BCUT2D eigenvalue weighted by atomic mass is 32.1. The van der Waals surface area contributed by atoms with Crippen molar-refractivity contribution in [3.63, 3.8) is 0 Å². The summed E-state index contributed by atoms with van der Waals surface area (Å²) in [7, 11) is 1.78. The van der Waals surface area contributed by atoms with Crippen molar-refractivity contribution in [3.8, 4) is 12.3 Å². The lowest BCUT2D eigenvalue weighted by Crippen LogP contribution is -2.35. The van der Waals surface area contributed by atoms with Gasteiger partial charge >= 0.3 is 0 Å². The van der Waals surface area contributed by atoms with Crippen molar-refractivity contribution in [2.75, 3.05) is 20.1 Å². The van der Waals surface area contributed by atoms with E-state index in [-0.39, 0.29) is 12.5 Å². The molecule has 0 aliphatic rings. The SMILES string of the molecule is C#CCNCC(=O)N(C)Cc1scnc1C. The van der Waals surface area contributed by atoms with Gasteiger partial charge in [-0.2, -0.15) is 0 Å². The normalized spacial score (nSPS) is 9.81. The Morgan fingerprint density at radius 2 is 2.50 bits per heavy atom. The summed E-state index contributed by atoms with van der Waals surface area (Å²) >= 11 is 1.57. The van der Waals surface area contributed by atoms with E-state index in [9.17, 15) is 4.79 Å². The minimum Gasteiger partial charge on any atom is -0.339 e. The summed E-state index contributed by atoms with van der Waals surface area (Å²) in [6.07, 6.45) is 5.08. The van der Waals surface area contributed by atoms with Crippen LogP contribution in [0.15, 0.2) is 5.51 Å². The molecule has 0 atom stereocenters. The van der Waals surface area contributed by atoms with Crippen molar-refractivity contribution in [1.82, 2.24) is 15.2 Å². The third kappa shape index (κ3) is 3.65. The maximum atomic E-state index is 11.6. The molecule has 1 rings (SSSR count). The number of nitrogens with one attached hydrogen (secondary N) is 1. The summed E-state index contributed by atoms with van der Waals surface area (Å²) in [5.74, 6) is 2.46. The van der Waals surface area contributed by atoms with Gasteiger partial charge in [-0.15, -0.1) is 17.8 Å². The average molecular weight is 237 g/mol. The predicted molar refractivity (Wildman–Crippen MR) is 65.0 cm³/mol. The van der Waals surface area contributed by atoms with Gasteiger partial charge in [-0.3, -0.25) is 10.1 Å². The summed E-state index contributed by atoms with van der Waals surface area (Å²) in [5.41, 5.74) is 2.78. The highest BCUT2D eigenvalue weighted by Gasteiger charge is 2.10. The number of aryl methyl sites for hydroxylation is 1. The molecular weight excluding hydrogens is 222 g/mol. The topological polar surface area (TPSA) is 45.2 Å². The number of terminal acetylenes is 1. The minimum atomic E-state index is 0.0306. The van der Waals surface area contributed by atoms with Crippen molar-refractivity contribution >= 4 is 17.2 Å². The molecule has 1 amide bonds. The molecule has 0 saturated heterocycles. The Labute approximate surface area is 99.7 Å². The van der Waals surface area contributed by atoms with Crippen LogP contribution >= 0.6 is 11.3 Å². The van der Waals surface area contributed by atoms with Crippen LogP contribution in [-0.4, -0.2) is 35.9 Å². The van der Waals surface area contributed by atoms with Crippen LogP contribution in [0.5, 0.6) is 0 Å². The van der Waals surface area contributed by atoms with Crippen molar-refractivity contribution in [1.29, 1.82) is 0 Å². The Bertz CT molecular complexity index is 394. The van der Waals surface area contributed by atoms with Crippen LogP contribution in [0.3, 0.4) is 0 Å². The number of amides is 1. The first-order valence-electron chi connectivity index (χ1n) is 4.92. The Morgan fingerprint density at radius 1 is 1.75 bits per heavy atom. The van der Waals surface area contributed by atoms with Crippen LogP contribution in [0, 0.1) is 19.3 Å². The number of hydrogen-bond acceptors (Lipinski definition) is 4. The van der Waals surface area contributed by atoms with Crippen molar-refractivity contribution in [3.05, 3.63) is 16.1 Å². The van der Waals surface area contributed by atoms with E-state index in [0.29, 0.717) is 13.1 Å². The summed E-state index contributed by atoms with van der Waals surface area (Å²) in [6, 6.07) is 0. The van der Waals surface area contributed by atoms with Crippen LogP contribution < -0.4 is 5.32 Å². The smallest absolute Gasteiger partial charge is 0.236 e. The van der Waals surface area contributed by atoms with E-state index in [2.05, 4.69) is 16.2 Å². The molecule has 5 heteroatoms. The number of carbonyl (C=O) groups excluding carboxylic acids is 1. The van der Waals surface area contributed by atoms with Crippen molar-refractivity contribution in [2.45, 2.75) is 13.5 Å². The molecule has 1 aromatic rings. The highest BCUT2D eigenvalue weighted by molar-refractivity contribution is 7.09. The van der Waals surface area contributed by atoms with Crippen LogP contribution in [0.25, 0.3) is 0 Å². The van der Waals surface area contributed by atoms with Gasteiger partial charge in [0.2, 0.25) is 5.91 Å². The van der Waals surface area contributed by atoms with Crippen LogP contribution in [0.1, 0.15) is 10.6 Å². The molecule has 0 unspecified atom stereocenters. The lowest BCUT2D eigenvalue weighted by atomic mass is 10.3. The van der Waals surface area contributed by atoms with Gasteiger partial charge in [0.1, 0.15) is 0 Å². The lowest BCUT2D eigenvalue weighted by Gasteiger charge is -2.16. The Balaban J connectivity index is 2.41. The third-order valence-corrected chi connectivity index (χ3v) is 3.07. The first-order chi connectivity index (χ1) is 7.65. The quantitative estimate of drug-likeness (QED) is 0.603. The zero-order valence-corrected chi connectivity index (χ0v) is 10.3. The number of thiazole rings is 1. The summed E-state index contributed by atoms with van der Waals surface area (Å²) in [4.78, 5) is 18.6. The van der Waals surface area contributed by atoms with E-state index in [1.807, 2.05) is 6.92 Å². The molecule has 1 N–H and O–H groups in total. The fourth-order valence-corrected chi connectivity index (χ4v) is 1.99. The summed E-state index contributed by atoms with van der Waals surface area (Å²) in [5, 5.41) is 2.87. The van der Waals surface area contributed by atoms with E-state index in [1.165, 1.54) is 0 Å². The first kappa shape index (κ1) is 12.7. The second-order valence-electron chi connectivity index (χ2n) is 3.42. The number of carbonyl (C=O) groups is 1. The molecule has 0 bridgehead atoms. The second-order valence-corrected chi connectivity index (χ2v) is 4.36. The molecule has 0 aliphatic heterocycles. The Morgan fingerprint density at radius 3 is 3.06 bits per heavy atom. The number of hydrogen-bond donors (Lipinski definition) is 1. The van der Waals surface area contributed by atoms with Gasteiger partial charge < -0.3 is 4.90 Å². The van der Waals surface area contributed by atoms with Gasteiger partial charge in [-0.05, 0) is 6.92 Å². The molecule has 0 fully saturated rings. The van der Waals surface area contributed by atoms with Crippen molar-refractivity contribution in [2.24, 2.45) is 0 Å². The zero-order chi connectivity index (χ0) is 12.0. The molecule has 0 saturated carbocycles. The second kappa shape index (κ2) is 6.26. The van der Waals surface area contributed by atoms with Gasteiger partial charge in [-0.25, -0.2) is 4.98 Å². The van der Waals surface area contributed by atoms with Gasteiger partial charge in [-0.1, -0.05) is 5.92 Å². The third-order valence-electron chi connectivity index (χ3n) is 2.15. The predicted octanol–water partition coefficient (Wildman–Crippen LogP) is 0.633. The standard InChI is InChI=1S/C11H15N3OS/c1-4-5-12-6-11(15)14(3)7-10-9(2)13-8-16-10/h1,8,12H,5-7H2,2-3H3. The van der Waals surface area contributed by atoms with E-state index in [4.69, 9.17) is 6.42 Å². The molecule has 86 valence electrons. The molecule has 0 radical (unpaired) electrons. The van der Waals surface area contributed by atoms with E-state index >= 15 is 0 Å². The van der Waals surface area contributed by atoms with E-state index in [1.54, 1.807) is 28.8 Å². The maximum absolute atomic E-state index is 11.6. The molecule has 1 heterocycles. The first-order valence-corrected chi connectivity index (χ1v) is 5.80. The van der Waals surface area contributed by atoms with Gasteiger partial charge in [0, 0.05) is 11.9 Å². The lowest BCUT2D eigenvalue weighted by molar-refractivity contribution is -0.129. The Hall–Kier alpha value is -1.38. The molecule has 0 spiro atoms. The maximum Gasteiger partial charge on any atom is 0.236 e. The molecule has 0 aromatic carbocycles. The monoisotopic (exact) mass is 237 g/mol. The fourth-order valence-electron chi connectivity index (χ4n) is 1.16. The van der Waals surface area contributed by atoms with Crippen LogP contribution in [0.2, 0.25) is 0 Å². The van der Waals surface area contributed by atoms with E-state index < -0.39 is 0 Å². The minimum absolute atomic E-state index is 0.0306. The van der Waals surface area contributed by atoms with Crippen LogP contribution in [0.4, 0.5) is 0 Å². The van der Waals surface area contributed by atoms with Gasteiger partial charge in [0.25, 0.3) is 0 Å². The van der Waals surface area contributed by atoms with E-state index in [0.717, 1.165) is 10.6 Å². The Kier molecular flexibility index (Phi) is 4.96. The fraction of sp³-hybridized carbons (Fsp3) is 0.455. The molecule has 16 heavy (non-hydrogen) atoms. The van der Waals surface area contributed by atoms with Gasteiger partial charge in [0.05, 0.1) is 30.8 Å². The van der Waals surface area contributed by atoms with Crippen LogP contribution in [-0.2, 0) is 11.3 Å². The molecular formula is C11H15N3OS. The van der Waals surface area contributed by atoms with Crippen molar-refractivity contribution < 1.29 is 4.79 Å². The molecule has 0 aliphatic carbocycles. The number of rotatable bonds is 5. The number of likely N-dealkylation sites (N-methyl/N-ethyl adjacent to an activating group) is 1. The summed E-state index contributed by atoms with van der Waals surface area (Å²) < 4.78 is 0. The number of nitrogens with zero attached hydrogens (tertiary/aromatic N) is 2. The summed E-state index contributed by atoms with van der Waals surface area (Å²) in [6.45, 7) is 3.24.